The van der Waals surface area contributed by atoms with Crippen molar-refractivity contribution in [1.82, 2.24) is 10.2 Å². The second-order valence-electron chi connectivity index (χ2n) is 3.20. The maximum absolute atomic E-state index is 5.66. The first-order chi connectivity index (χ1) is 5.74. The Kier molecular flexibility index (Phi) is 1.98. The molecule has 0 spiro atoms. The average molecular weight is 184 g/mol. The van der Waals surface area contributed by atoms with Crippen molar-refractivity contribution in [3.63, 3.8) is 0 Å². The van der Waals surface area contributed by atoms with Gasteiger partial charge in [-0.2, -0.15) is 0 Å². The molecule has 1 aliphatic rings. The van der Waals surface area contributed by atoms with Gasteiger partial charge in [0, 0.05) is 12.1 Å². The molecule has 1 heterocycles. The minimum atomic E-state index is 0.386. The lowest BCUT2D eigenvalue weighted by Gasteiger charge is -2.32. The Hall–Kier alpha value is -0.680. The van der Waals surface area contributed by atoms with Gasteiger partial charge in [-0.3, -0.25) is 0 Å². The number of hydrogen-bond acceptors (Lipinski definition) is 5. The van der Waals surface area contributed by atoms with Crippen molar-refractivity contribution < 1.29 is 0 Å². The van der Waals surface area contributed by atoms with Gasteiger partial charge in [-0.05, 0) is 19.8 Å². The van der Waals surface area contributed by atoms with E-state index in [0.717, 1.165) is 23.0 Å². The summed E-state index contributed by atoms with van der Waals surface area (Å²) in [7, 11) is 0. The lowest BCUT2D eigenvalue weighted by molar-refractivity contribution is 0.373. The number of aromatic nitrogens is 2. The lowest BCUT2D eigenvalue weighted by atomic mass is 9.88. The zero-order chi connectivity index (χ0) is 8.55. The summed E-state index contributed by atoms with van der Waals surface area (Å²) in [6, 6.07) is 0.906. The number of nitrogens with one attached hydrogen (secondary N) is 1. The van der Waals surface area contributed by atoms with Gasteiger partial charge in [-0.15, -0.1) is 10.2 Å². The highest BCUT2D eigenvalue weighted by Crippen LogP contribution is 2.24. The summed E-state index contributed by atoms with van der Waals surface area (Å²) in [5.74, 6) is 0. The second-order valence-corrected chi connectivity index (χ2v) is 4.38. The van der Waals surface area contributed by atoms with Gasteiger partial charge in [0.15, 0.2) is 0 Å². The highest BCUT2D eigenvalue weighted by Gasteiger charge is 2.26. The molecule has 0 aromatic carbocycles. The van der Waals surface area contributed by atoms with E-state index in [2.05, 4.69) is 15.5 Å². The summed E-state index contributed by atoms with van der Waals surface area (Å²) in [4.78, 5) is 0. The topological polar surface area (TPSA) is 63.8 Å². The van der Waals surface area contributed by atoms with Crippen molar-refractivity contribution in [2.24, 2.45) is 5.73 Å². The predicted octanol–water partition coefficient (Wildman–Crippen LogP) is 0.748. The first kappa shape index (κ1) is 7.94. The van der Waals surface area contributed by atoms with Gasteiger partial charge >= 0.3 is 0 Å². The molecule has 0 amide bonds. The van der Waals surface area contributed by atoms with Gasteiger partial charge in [0.05, 0.1) is 0 Å². The molecule has 0 radical (unpaired) electrons. The minimum Gasteiger partial charge on any atom is -0.357 e. The van der Waals surface area contributed by atoms with Crippen molar-refractivity contribution >= 4 is 16.5 Å². The summed E-state index contributed by atoms with van der Waals surface area (Å²) in [5.41, 5.74) is 5.66. The number of nitrogens with zero attached hydrogens (tertiary/aromatic N) is 2. The van der Waals surface area contributed by atoms with Crippen molar-refractivity contribution in [1.29, 1.82) is 0 Å². The molecule has 1 aromatic rings. The monoisotopic (exact) mass is 184 g/mol. The largest absolute Gasteiger partial charge is 0.357 e. The molecule has 1 aliphatic carbocycles. The number of aryl methyl sites for hydroxylation is 1. The zero-order valence-corrected chi connectivity index (χ0v) is 7.77. The van der Waals surface area contributed by atoms with E-state index in [4.69, 9.17) is 5.73 Å². The van der Waals surface area contributed by atoms with Crippen LogP contribution in [-0.4, -0.2) is 22.3 Å². The second kappa shape index (κ2) is 2.99. The number of rotatable bonds is 2. The van der Waals surface area contributed by atoms with E-state index in [0.29, 0.717) is 12.1 Å². The normalized spacial score (nSPS) is 28.2. The summed E-state index contributed by atoms with van der Waals surface area (Å²) in [6.45, 7) is 1.95. The van der Waals surface area contributed by atoms with Crippen LogP contribution in [-0.2, 0) is 0 Å². The van der Waals surface area contributed by atoms with Crippen LogP contribution in [0.15, 0.2) is 0 Å². The molecule has 66 valence electrons. The van der Waals surface area contributed by atoms with E-state index < -0.39 is 0 Å². The summed E-state index contributed by atoms with van der Waals surface area (Å²) in [6.07, 6.45) is 2.11. The Morgan fingerprint density at radius 3 is 2.75 bits per heavy atom. The van der Waals surface area contributed by atoms with E-state index >= 15 is 0 Å². The molecular weight excluding hydrogens is 172 g/mol. The third kappa shape index (κ3) is 1.56. The van der Waals surface area contributed by atoms with Crippen LogP contribution in [0.25, 0.3) is 0 Å². The van der Waals surface area contributed by atoms with Crippen LogP contribution in [0.5, 0.6) is 0 Å². The van der Waals surface area contributed by atoms with Crippen molar-refractivity contribution in [3.05, 3.63) is 5.01 Å². The van der Waals surface area contributed by atoms with Gasteiger partial charge in [0.2, 0.25) is 5.13 Å². The van der Waals surface area contributed by atoms with Crippen LogP contribution in [0, 0.1) is 6.92 Å². The van der Waals surface area contributed by atoms with Crippen LogP contribution >= 0.6 is 11.3 Å². The predicted molar refractivity (Wildman–Crippen MR) is 49.3 cm³/mol. The fourth-order valence-electron chi connectivity index (χ4n) is 1.31. The Bertz CT molecular complexity index is 266. The smallest absolute Gasteiger partial charge is 0.205 e. The minimum absolute atomic E-state index is 0.386. The Morgan fingerprint density at radius 1 is 1.50 bits per heavy atom. The maximum atomic E-state index is 5.66. The van der Waals surface area contributed by atoms with Gasteiger partial charge in [-0.25, -0.2) is 0 Å². The van der Waals surface area contributed by atoms with Crippen molar-refractivity contribution in [3.8, 4) is 0 Å². The van der Waals surface area contributed by atoms with Gasteiger partial charge in [0.1, 0.15) is 5.01 Å². The Morgan fingerprint density at radius 2 is 2.25 bits per heavy atom. The highest BCUT2D eigenvalue weighted by molar-refractivity contribution is 7.15. The van der Waals surface area contributed by atoms with E-state index in [1.807, 2.05) is 6.92 Å². The highest BCUT2D eigenvalue weighted by atomic mass is 32.1. The number of hydrogen-bond donors (Lipinski definition) is 2. The molecule has 5 heteroatoms. The van der Waals surface area contributed by atoms with Gasteiger partial charge in [0.25, 0.3) is 0 Å². The molecule has 12 heavy (non-hydrogen) atoms. The van der Waals surface area contributed by atoms with Crippen molar-refractivity contribution in [2.45, 2.75) is 31.8 Å². The SMILES string of the molecule is Cc1nnc(NC2CC(N)C2)s1. The van der Waals surface area contributed by atoms with Crippen LogP contribution in [0.3, 0.4) is 0 Å². The molecule has 0 aliphatic heterocycles. The Labute approximate surface area is 75.2 Å². The van der Waals surface area contributed by atoms with E-state index in [9.17, 15) is 0 Å². The molecule has 4 nitrogen and oxygen atoms in total. The molecule has 0 atom stereocenters. The molecule has 1 saturated carbocycles. The molecule has 0 bridgehead atoms. The van der Waals surface area contributed by atoms with Crippen LogP contribution in [0.4, 0.5) is 5.13 Å². The molecular formula is C7H12N4S. The first-order valence-corrected chi connectivity index (χ1v) is 4.88. The molecule has 0 unspecified atom stereocenters. The zero-order valence-electron chi connectivity index (χ0n) is 6.95. The first-order valence-electron chi connectivity index (χ1n) is 4.06. The van der Waals surface area contributed by atoms with Crippen LogP contribution < -0.4 is 11.1 Å². The number of nitrogens with two attached hydrogens (primary N) is 1. The molecule has 1 fully saturated rings. The lowest BCUT2D eigenvalue weighted by Crippen LogP contribution is -2.44. The molecule has 1 aromatic heterocycles. The van der Waals surface area contributed by atoms with E-state index in [1.165, 1.54) is 0 Å². The molecule has 0 saturated heterocycles. The van der Waals surface area contributed by atoms with Crippen LogP contribution in [0.2, 0.25) is 0 Å². The standard InChI is InChI=1S/C7H12N4S/c1-4-10-11-7(12-4)9-6-2-5(8)3-6/h5-6H,2-3,8H2,1H3,(H,9,11). The fraction of sp³-hybridized carbons (Fsp3) is 0.714. The summed E-state index contributed by atoms with van der Waals surface area (Å²) in [5, 5.41) is 13.1. The molecule has 2 rings (SSSR count). The van der Waals surface area contributed by atoms with Crippen LogP contribution in [0.1, 0.15) is 17.8 Å². The quantitative estimate of drug-likeness (QED) is 0.712. The van der Waals surface area contributed by atoms with Gasteiger partial charge < -0.3 is 11.1 Å². The third-order valence-electron chi connectivity index (χ3n) is 2.03. The third-order valence-corrected chi connectivity index (χ3v) is 2.80. The molecule has 3 N–H and O–H groups in total. The van der Waals surface area contributed by atoms with Crippen molar-refractivity contribution in [2.75, 3.05) is 5.32 Å². The maximum Gasteiger partial charge on any atom is 0.205 e. The average Bonchev–Trinajstić information content (AvgIpc) is 2.33. The summed E-state index contributed by atoms with van der Waals surface area (Å²) < 4.78 is 0. The van der Waals surface area contributed by atoms with E-state index in [1.54, 1.807) is 11.3 Å². The van der Waals surface area contributed by atoms with E-state index in [-0.39, 0.29) is 0 Å². The fourth-order valence-corrected chi connectivity index (χ4v) is 1.98. The van der Waals surface area contributed by atoms with Gasteiger partial charge in [-0.1, -0.05) is 11.3 Å². The summed E-state index contributed by atoms with van der Waals surface area (Å²) >= 11 is 1.59. The number of anilines is 1. The Balaban J connectivity index is 1.88.